The van der Waals surface area contributed by atoms with Gasteiger partial charge in [0.15, 0.2) is 11.5 Å². The Morgan fingerprint density at radius 3 is 1.94 bits per heavy atom. The van der Waals surface area contributed by atoms with Gasteiger partial charge in [0.2, 0.25) is 0 Å². The fourth-order valence-electron chi connectivity index (χ4n) is 3.73. The van der Waals surface area contributed by atoms with Crippen LogP contribution in [0.4, 0.5) is 4.79 Å². The molecule has 0 saturated heterocycles. The third-order valence-corrected chi connectivity index (χ3v) is 5.54. The predicted octanol–water partition coefficient (Wildman–Crippen LogP) is 8.13. The highest BCUT2D eigenvalue weighted by Crippen LogP contribution is 2.30. The lowest BCUT2D eigenvalue weighted by Gasteiger charge is -2.11. The number of ether oxygens (including phenoxy) is 3. The highest BCUT2D eigenvalue weighted by Gasteiger charge is 2.13. The number of methoxy groups -OCH3 is 1. The van der Waals surface area contributed by atoms with Crippen molar-refractivity contribution in [3.63, 3.8) is 0 Å². The third kappa shape index (κ3) is 13.4. The molecule has 0 aliphatic carbocycles. The minimum Gasteiger partial charge on any atom is -0.492 e. The summed E-state index contributed by atoms with van der Waals surface area (Å²) in [5.74, 6) is 0.830. The summed E-state index contributed by atoms with van der Waals surface area (Å²) in [6, 6.07) is 5.39. The Kier molecular flexibility index (Phi) is 17.2. The van der Waals surface area contributed by atoms with Gasteiger partial charge in [-0.1, -0.05) is 96.5 Å². The van der Waals surface area contributed by atoms with E-state index in [-0.39, 0.29) is 6.61 Å². The zero-order valence-corrected chi connectivity index (χ0v) is 20.7. The number of hydrogen-bond acceptors (Lipinski definition) is 5. The molecule has 0 heterocycles. The summed E-state index contributed by atoms with van der Waals surface area (Å²) in [7, 11) is 1.55. The highest BCUT2D eigenvalue weighted by atomic mass is 16.7. The third-order valence-electron chi connectivity index (χ3n) is 5.54. The average Bonchev–Trinajstić information content (AvgIpc) is 2.79. The molecule has 0 unspecified atom stereocenters. The molecule has 5 heteroatoms. The van der Waals surface area contributed by atoms with E-state index in [0.717, 1.165) is 18.5 Å². The highest BCUT2D eigenvalue weighted by molar-refractivity contribution is 5.85. The molecular formula is C27H45NO4. The van der Waals surface area contributed by atoms with Crippen molar-refractivity contribution in [3.05, 3.63) is 23.8 Å². The second kappa shape index (κ2) is 19.6. The number of aliphatic imine (C=N–C) groups is 1. The predicted molar refractivity (Wildman–Crippen MR) is 133 cm³/mol. The Hall–Kier alpha value is -2.04. The summed E-state index contributed by atoms with van der Waals surface area (Å²) in [5.41, 5.74) is 0.791. The molecule has 1 aromatic rings. The molecule has 0 saturated carbocycles. The number of carbonyl (C=O) groups is 1. The number of para-hydroxylation sites is 1. The molecule has 0 radical (unpaired) electrons. The Morgan fingerprint density at radius 2 is 1.41 bits per heavy atom. The summed E-state index contributed by atoms with van der Waals surface area (Å²) >= 11 is 0. The van der Waals surface area contributed by atoms with Crippen LogP contribution in [-0.4, -0.2) is 32.6 Å². The van der Waals surface area contributed by atoms with Gasteiger partial charge in [0.1, 0.15) is 0 Å². The van der Waals surface area contributed by atoms with Gasteiger partial charge in [0.25, 0.3) is 0 Å². The summed E-state index contributed by atoms with van der Waals surface area (Å²) in [6.07, 6.45) is 20.0. The first-order valence-corrected chi connectivity index (χ1v) is 12.7. The maximum Gasteiger partial charge on any atom is 0.513 e. The zero-order chi connectivity index (χ0) is 23.3. The van der Waals surface area contributed by atoms with Crippen LogP contribution in [0.5, 0.6) is 11.5 Å². The van der Waals surface area contributed by atoms with Gasteiger partial charge in [-0.15, -0.1) is 0 Å². The Bertz CT molecular complexity index is 630. The van der Waals surface area contributed by atoms with Crippen molar-refractivity contribution in [2.75, 3.05) is 20.3 Å². The lowest BCUT2D eigenvalue weighted by molar-refractivity contribution is 0.103. The van der Waals surface area contributed by atoms with E-state index in [9.17, 15) is 4.79 Å². The number of nitrogens with zero attached hydrogens (tertiary/aromatic N) is 1. The van der Waals surface area contributed by atoms with Crippen molar-refractivity contribution in [3.8, 4) is 11.5 Å². The minimum atomic E-state index is -0.734. The molecule has 0 amide bonds. The molecule has 1 aromatic carbocycles. The van der Waals surface area contributed by atoms with E-state index in [1.54, 1.807) is 26.3 Å². The fourth-order valence-corrected chi connectivity index (χ4v) is 3.73. The SMILES string of the molecule is CCCCCCCCCCCCCCCCN=Cc1cccc(OC(=O)OCC)c1OC. The largest absolute Gasteiger partial charge is 0.513 e. The smallest absolute Gasteiger partial charge is 0.492 e. The van der Waals surface area contributed by atoms with Crippen LogP contribution in [0.1, 0.15) is 109 Å². The van der Waals surface area contributed by atoms with E-state index in [1.807, 2.05) is 12.1 Å². The first kappa shape index (κ1) is 28.0. The quantitative estimate of drug-likeness (QED) is 0.0929. The first-order chi connectivity index (χ1) is 15.7. The maximum atomic E-state index is 11.6. The van der Waals surface area contributed by atoms with Crippen molar-refractivity contribution in [1.82, 2.24) is 0 Å². The van der Waals surface area contributed by atoms with E-state index in [4.69, 9.17) is 14.2 Å². The van der Waals surface area contributed by atoms with Crippen LogP contribution < -0.4 is 9.47 Å². The molecule has 5 nitrogen and oxygen atoms in total. The molecule has 32 heavy (non-hydrogen) atoms. The van der Waals surface area contributed by atoms with Crippen molar-refractivity contribution in [1.29, 1.82) is 0 Å². The van der Waals surface area contributed by atoms with Crippen LogP contribution >= 0.6 is 0 Å². The van der Waals surface area contributed by atoms with Gasteiger partial charge in [-0.25, -0.2) is 4.79 Å². The zero-order valence-electron chi connectivity index (χ0n) is 20.7. The molecule has 0 spiro atoms. The molecule has 0 fully saturated rings. The summed E-state index contributed by atoms with van der Waals surface area (Å²) in [5, 5.41) is 0. The van der Waals surface area contributed by atoms with Gasteiger partial charge in [-0.3, -0.25) is 4.99 Å². The van der Waals surface area contributed by atoms with Crippen molar-refractivity contribution in [2.24, 2.45) is 4.99 Å². The van der Waals surface area contributed by atoms with Crippen LogP contribution in [0.2, 0.25) is 0 Å². The summed E-state index contributed by atoms with van der Waals surface area (Å²) in [6.45, 7) is 5.07. The number of unbranched alkanes of at least 4 members (excludes halogenated alkanes) is 13. The Morgan fingerprint density at radius 1 is 0.844 bits per heavy atom. The van der Waals surface area contributed by atoms with E-state index >= 15 is 0 Å². The number of benzene rings is 1. The molecule has 0 bridgehead atoms. The lowest BCUT2D eigenvalue weighted by atomic mass is 10.0. The Balaban J connectivity index is 2.12. The fraction of sp³-hybridized carbons (Fsp3) is 0.704. The normalized spacial score (nSPS) is 11.1. The number of carbonyl (C=O) groups excluding carboxylic acids is 1. The van der Waals surface area contributed by atoms with Crippen LogP contribution in [0.25, 0.3) is 0 Å². The van der Waals surface area contributed by atoms with E-state index in [0.29, 0.717) is 11.5 Å². The van der Waals surface area contributed by atoms with Crippen LogP contribution in [0, 0.1) is 0 Å². The van der Waals surface area contributed by atoms with Gasteiger partial charge < -0.3 is 14.2 Å². The van der Waals surface area contributed by atoms with E-state index < -0.39 is 6.16 Å². The molecule has 0 N–H and O–H groups in total. The molecule has 0 atom stereocenters. The lowest BCUT2D eigenvalue weighted by Crippen LogP contribution is -2.11. The average molecular weight is 448 g/mol. The van der Waals surface area contributed by atoms with E-state index in [2.05, 4.69) is 11.9 Å². The molecule has 182 valence electrons. The first-order valence-electron chi connectivity index (χ1n) is 12.7. The summed E-state index contributed by atoms with van der Waals surface area (Å²) < 4.78 is 15.4. The van der Waals surface area contributed by atoms with Gasteiger partial charge in [-0.05, 0) is 25.5 Å². The minimum absolute atomic E-state index is 0.265. The van der Waals surface area contributed by atoms with Crippen LogP contribution in [0.15, 0.2) is 23.2 Å². The Labute approximate surface area is 195 Å². The van der Waals surface area contributed by atoms with Gasteiger partial charge >= 0.3 is 6.16 Å². The van der Waals surface area contributed by atoms with Crippen molar-refractivity contribution < 1.29 is 19.0 Å². The molecule has 0 aliphatic heterocycles. The molecular weight excluding hydrogens is 402 g/mol. The molecule has 0 aliphatic rings. The van der Waals surface area contributed by atoms with E-state index in [1.165, 1.54) is 83.5 Å². The number of rotatable bonds is 19. The maximum absolute atomic E-state index is 11.6. The topological polar surface area (TPSA) is 57.1 Å². The summed E-state index contributed by atoms with van der Waals surface area (Å²) in [4.78, 5) is 16.1. The van der Waals surface area contributed by atoms with Gasteiger partial charge in [0, 0.05) is 18.3 Å². The van der Waals surface area contributed by atoms with Gasteiger partial charge in [0.05, 0.1) is 13.7 Å². The standard InChI is InChI=1S/C27H45NO4/c1-4-6-7-8-9-10-11-12-13-14-15-16-17-18-22-28-23-24-20-19-21-25(26(24)30-3)32-27(29)31-5-2/h19-21,23H,4-18,22H2,1-3H3. The monoisotopic (exact) mass is 447 g/mol. The second-order valence-corrected chi connectivity index (χ2v) is 8.30. The van der Waals surface area contributed by atoms with Crippen molar-refractivity contribution >= 4 is 12.4 Å². The van der Waals surface area contributed by atoms with Crippen molar-refractivity contribution in [2.45, 2.75) is 104 Å². The van der Waals surface area contributed by atoms with Crippen LogP contribution in [0.3, 0.4) is 0 Å². The molecule has 0 aromatic heterocycles. The number of hydrogen-bond donors (Lipinski definition) is 0. The van der Waals surface area contributed by atoms with Gasteiger partial charge in [-0.2, -0.15) is 0 Å². The second-order valence-electron chi connectivity index (χ2n) is 8.30. The van der Waals surface area contributed by atoms with Crippen LogP contribution in [-0.2, 0) is 4.74 Å². The molecule has 1 rings (SSSR count).